The Bertz CT molecular complexity index is 258. The van der Waals surface area contributed by atoms with E-state index >= 15 is 0 Å². The van der Waals surface area contributed by atoms with Gasteiger partial charge in [0.05, 0.1) is 20.6 Å². The Labute approximate surface area is 103 Å². The van der Waals surface area contributed by atoms with Gasteiger partial charge in [-0.15, -0.1) is 0 Å². The van der Waals surface area contributed by atoms with E-state index in [1.807, 2.05) is 0 Å². The molecule has 1 atom stereocenters. The zero-order chi connectivity index (χ0) is 13.5. The molecule has 17 heavy (non-hydrogen) atoms. The van der Waals surface area contributed by atoms with Gasteiger partial charge in [0.1, 0.15) is 6.04 Å². The van der Waals surface area contributed by atoms with E-state index in [0.29, 0.717) is 6.54 Å². The SMILES string of the molecule is COC(=O)C[C@H](NCCC(C)(C)C)C(=O)OC. The number of carbonyl (C=O) groups is 2. The van der Waals surface area contributed by atoms with Gasteiger partial charge >= 0.3 is 11.9 Å². The van der Waals surface area contributed by atoms with Crippen molar-refractivity contribution in [2.24, 2.45) is 5.41 Å². The van der Waals surface area contributed by atoms with Crippen molar-refractivity contribution in [3.63, 3.8) is 0 Å². The molecule has 5 heteroatoms. The van der Waals surface area contributed by atoms with Gasteiger partial charge in [-0.1, -0.05) is 20.8 Å². The summed E-state index contributed by atoms with van der Waals surface area (Å²) in [5.41, 5.74) is 0.179. The van der Waals surface area contributed by atoms with Crippen molar-refractivity contribution in [3.05, 3.63) is 0 Å². The van der Waals surface area contributed by atoms with Crippen molar-refractivity contribution in [3.8, 4) is 0 Å². The van der Waals surface area contributed by atoms with E-state index in [-0.39, 0.29) is 11.8 Å². The maximum absolute atomic E-state index is 11.4. The minimum absolute atomic E-state index is 0.00663. The molecule has 0 aliphatic rings. The number of carbonyl (C=O) groups excluding carboxylic acids is 2. The quantitative estimate of drug-likeness (QED) is 0.710. The summed E-state index contributed by atoms with van der Waals surface area (Å²) >= 11 is 0. The van der Waals surface area contributed by atoms with Crippen molar-refractivity contribution >= 4 is 11.9 Å². The van der Waals surface area contributed by atoms with Gasteiger partial charge in [0.15, 0.2) is 0 Å². The van der Waals surface area contributed by atoms with E-state index in [9.17, 15) is 9.59 Å². The van der Waals surface area contributed by atoms with Crippen molar-refractivity contribution in [2.45, 2.75) is 39.7 Å². The number of hydrogen-bond acceptors (Lipinski definition) is 5. The van der Waals surface area contributed by atoms with E-state index in [1.165, 1.54) is 14.2 Å². The lowest BCUT2D eigenvalue weighted by atomic mass is 9.92. The lowest BCUT2D eigenvalue weighted by molar-refractivity contribution is -0.149. The van der Waals surface area contributed by atoms with Crippen LogP contribution in [0.15, 0.2) is 0 Å². The Balaban J connectivity index is 4.21. The highest BCUT2D eigenvalue weighted by atomic mass is 16.5. The molecule has 5 nitrogen and oxygen atoms in total. The highest BCUT2D eigenvalue weighted by Gasteiger charge is 2.23. The second kappa shape index (κ2) is 7.27. The van der Waals surface area contributed by atoms with Crippen LogP contribution in [-0.2, 0) is 19.1 Å². The molecule has 0 saturated carbocycles. The molecule has 100 valence electrons. The van der Waals surface area contributed by atoms with Crippen molar-refractivity contribution in [1.29, 1.82) is 0 Å². The summed E-state index contributed by atoms with van der Waals surface area (Å²) in [6, 6.07) is -0.630. The van der Waals surface area contributed by atoms with Gasteiger partial charge in [0.25, 0.3) is 0 Å². The first-order chi connectivity index (χ1) is 7.80. The largest absolute Gasteiger partial charge is 0.469 e. The van der Waals surface area contributed by atoms with Crippen LogP contribution in [-0.4, -0.2) is 38.7 Å². The predicted molar refractivity (Wildman–Crippen MR) is 64.5 cm³/mol. The van der Waals surface area contributed by atoms with Crippen molar-refractivity contribution in [2.75, 3.05) is 20.8 Å². The zero-order valence-corrected chi connectivity index (χ0v) is 11.3. The monoisotopic (exact) mass is 245 g/mol. The number of ether oxygens (including phenoxy) is 2. The molecule has 0 spiro atoms. The number of hydrogen-bond donors (Lipinski definition) is 1. The summed E-state index contributed by atoms with van der Waals surface area (Å²) in [5.74, 6) is -0.868. The second-order valence-corrected chi connectivity index (χ2v) is 5.12. The van der Waals surface area contributed by atoms with Crippen LogP contribution in [0.5, 0.6) is 0 Å². The van der Waals surface area contributed by atoms with Crippen molar-refractivity contribution in [1.82, 2.24) is 5.32 Å². The molecular weight excluding hydrogens is 222 g/mol. The van der Waals surface area contributed by atoms with Crippen LogP contribution < -0.4 is 5.32 Å². The molecule has 0 bridgehead atoms. The minimum atomic E-state index is -0.630. The number of methoxy groups -OCH3 is 2. The third kappa shape index (κ3) is 7.74. The van der Waals surface area contributed by atoms with Crippen molar-refractivity contribution < 1.29 is 19.1 Å². The van der Waals surface area contributed by atoms with Gasteiger partial charge in [-0.05, 0) is 18.4 Å². The Kier molecular flexibility index (Phi) is 6.80. The molecule has 0 unspecified atom stereocenters. The molecular formula is C12H23NO4. The number of rotatable bonds is 6. The first kappa shape index (κ1) is 15.9. The summed E-state index contributed by atoms with van der Waals surface area (Å²) in [5, 5.41) is 3.02. The molecule has 0 fully saturated rings. The molecule has 0 aromatic rings. The maximum Gasteiger partial charge on any atom is 0.323 e. The van der Waals surface area contributed by atoms with Crippen LogP contribution in [0.1, 0.15) is 33.6 Å². The van der Waals surface area contributed by atoms with Gasteiger partial charge in [-0.3, -0.25) is 9.59 Å². The van der Waals surface area contributed by atoms with Crippen LogP contribution in [0.2, 0.25) is 0 Å². The standard InChI is InChI=1S/C12H23NO4/c1-12(2,3)6-7-13-9(11(15)17-5)8-10(14)16-4/h9,13H,6-8H2,1-5H3/t9-/m0/s1. The Hall–Kier alpha value is -1.10. The third-order valence-electron chi connectivity index (χ3n) is 2.35. The van der Waals surface area contributed by atoms with E-state index in [2.05, 4.69) is 35.6 Å². The lowest BCUT2D eigenvalue weighted by Gasteiger charge is -2.21. The van der Waals surface area contributed by atoms with E-state index < -0.39 is 18.0 Å². The molecule has 0 aromatic heterocycles. The minimum Gasteiger partial charge on any atom is -0.469 e. The Morgan fingerprint density at radius 3 is 2.18 bits per heavy atom. The molecule has 0 aliphatic heterocycles. The Morgan fingerprint density at radius 2 is 1.76 bits per heavy atom. The average Bonchev–Trinajstić information content (AvgIpc) is 2.24. The molecule has 0 rings (SSSR count). The van der Waals surface area contributed by atoms with Gasteiger partial charge in [-0.25, -0.2) is 0 Å². The smallest absolute Gasteiger partial charge is 0.323 e. The third-order valence-corrected chi connectivity index (χ3v) is 2.35. The topological polar surface area (TPSA) is 64.6 Å². The molecule has 0 aromatic carbocycles. The summed E-state index contributed by atoms with van der Waals surface area (Å²) < 4.78 is 9.17. The van der Waals surface area contributed by atoms with Crippen LogP contribution in [0.3, 0.4) is 0 Å². The van der Waals surface area contributed by atoms with Crippen LogP contribution in [0, 0.1) is 5.41 Å². The average molecular weight is 245 g/mol. The number of nitrogens with one attached hydrogen (secondary N) is 1. The fourth-order valence-electron chi connectivity index (χ4n) is 1.25. The molecule has 0 heterocycles. The predicted octanol–water partition coefficient (Wildman–Crippen LogP) is 1.12. The Morgan fingerprint density at radius 1 is 1.18 bits per heavy atom. The fourth-order valence-corrected chi connectivity index (χ4v) is 1.25. The van der Waals surface area contributed by atoms with Gasteiger partial charge < -0.3 is 14.8 Å². The summed E-state index contributed by atoms with van der Waals surface area (Å²) in [7, 11) is 2.60. The maximum atomic E-state index is 11.4. The van der Waals surface area contributed by atoms with E-state index in [4.69, 9.17) is 0 Å². The first-order valence-corrected chi connectivity index (χ1v) is 5.68. The van der Waals surface area contributed by atoms with Crippen LogP contribution >= 0.6 is 0 Å². The first-order valence-electron chi connectivity index (χ1n) is 5.68. The fraction of sp³-hybridized carbons (Fsp3) is 0.833. The molecule has 0 amide bonds. The lowest BCUT2D eigenvalue weighted by Crippen LogP contribution is -2.40. The molecule has 0 saturated heterocycles. The summed E-state index contributed by atoms with van der Waals surface area (Å²) in [6.07, 6.45) is 0.898. The number of esters is 2. The van der Waals surface area contributed by atoms with E-state index in [1.54, 1.807) is 0 Å². The zero-order valence-electron chi connectivity index (χ0n) is 11.3. The van der Waals surface area contributed by atoms with Crippen LogP contribution in [0.4, 0.5) is 0 Å². The second-order valence-electron chi connectivity index (χ2n) is 5.12. The molecule has 1 N–H and O–H groups in total. The molecule has 0 radical (unpaired) electrons. The highest BCUT2D eigenvalue weighted by molar-refractivity contribution is 5.82. The van der Waals surface area contributed by atoms with Crippen LogP contribution in [0.25, 0.3) is 0 Å². The molecule has 0 aliphatic carbocycles. The van der Waals surface area contributed by atoms with Gasteiger partial charge in [-0.2, -0.15) is 0 Å². The van der Waals surface area contributed by atoms with E-state index in [0.717, 1.165) is 6.42 Å². The summed E-state index contributed by atoms with van der Waals surface area (Å²) in [4.78, 5) is 22.6. The summed E-state index contributed by atoms with van der Waals surface area (Å²) in [6.45, 7) is 6.99. The normalized spacial score (nSPS) is 13.0. The van der Waals surface area contributed by atoms with Gasteiger partial charge in [0, 0.05) is 0 Å². The highest BCUT2D eigenvalue weighted by Crippen LogP contribution is 2.17. The van der Waals surface area contributed by atoms with Gasteiger partial charge in [0.2, 0.25) is 0 Å².